The molecule has 0 spiro atoms. The van der Waals surface area contributed by atoms with Crippen LogP contribution in [0.4, 0.5) is 11.4 Å². The number of hydrogen-bond donors (Lipinski definition) is 0. The average molecular weight is 1180 g/mol. The summed E-state index contributed by atoms with van der Waals surface area (Å²) >= 11 is 1.22. The summed E-state index contributed by atoms with van der Waals surface area (Å²) in [6.07, 6.45) is 7.00. The molecule has 9 heteroatoms. The fourth-order valence-electron chi connectivity index (χ4n) is 6.14. The van der Waals surface area contributed by atoms with Crippen LogP contribution in [0.5, 0.6) is 0 Å². The third kappa shape index (κ3) is 24.4. The Morgan fingerprint density at radius 2 is 0.806 bits per heavy atom. The Labute approximate surface area is 435 Å². The van der Waals surface area contributed by atoms with Crippen molar-refractivity contribution in [2.75, 3.05) is 0 Å². The summed E-state index contributed by atoms with van der Waals surface area (Å²) in [7, 11) is 0. The molecule has 0 fully saturated rings. The molecule has 0 bridgehead atoms. The van der Waals surface area contributed by atoms with Crippen molar-refractivity contribution in [1.82, 2.24) is 19.9 Å². The van der Waals surface area contributed by atoms with Crippen molar-refractivity contribution in [3.05, 3.63) is 189 Å². The Bertz CT molecular complexity index is 2320. The van der Waals surface area contributed by atoms with Crippen LogP contribution in [0.25, 0.3) is 0 Å². The molecule has 4 aromatic heterocycles. The monoisotopic (exact) mass is 1180 g/mol. The van der Waals surface area contributed by atoms with E-state index < -0.39 is 35.8 Å². The van der Waals surface area contributed by atoms with Crippen molar-refractivity contribution in [2.24, 2.45) is 12.4 Å². The zero-order valence-corrected chi connectivity index (χ0v) is 49.3. The van der Waals surface area contributed by atoms with Crippen LogP contribution >= 0.6 is 22.6 Å². The van der Waals surface area contributed by atoms with Crippen LogP contribution in [0.3, 0.4) is 0 Å². The average Bonchev–Trinajstić information content (AvgIpc) is 4.14. The first-order chi connectivity index (χ1) is 31.6. The fourth-order valence-corrected chi connectivity index (χ4v) is 10.3. The minimum absolute atomic E-state index is 0.0811. The van der Waals surface area contributed by atoms with E-state index in [1.165, 1.54) is 39.2 Å². The second-order valence-corrected chi connectivity index (χ2v) is 23.3. The van der Waals surface area contributed by atoms with E-state index in [-0.39, 0.29) is 10.8 Å². The number of aryl methyl sites for hydroxylation is 3. The van der Waals surface area contributed by atoms with Crippen LogP contribution in [0.15, 0.2) is 147 Å². The van der Waals surface area contributed by atoms with E-state index in [1.54, 1.807) is 24.8 Å². The summed E-state index contributed by atoms with van der Waals surface area (Å²) in [5, 5.41) is 0. The molecule has 358 valence electrons. The second kappa shape index (κ2) is 31.4. The van der Waals surface area contributed by atoms with Crippen molar-refractivity contribution < 1.29 is 35.8 Å². The number of rotatable bonds is 8. The van der Waals surface area contributed by atoms with Crippen LogP contribution in [0.2, 0.25) is 0 Å². The van der Waals surface area contributed by atoms with E-state index in [2.05, 4.69) is 208 Å². The maximum absolute atomic E-state index is 5.13. The summed E-state index contributed by atoms with van der Waals surface area (Å²) in [6.45, 7) is 35.4. The summed E-state index contributed by atoms with van der Waals surface area (Å²) in [5.41, 5.74) is 13.2. The molecule has 67 heavy (non-hydrogen) atoms. The molecule has 7 rings (SSSR count). The first kappa shape index (κ1) is 59.4. The third-order valence-corrected chi connectivity index (χ3v) is 15.5. The van der Waals surface area contributed by atoms with Gasteiger partial charge in [0.05, 0.1) is 0 Å². The Kier molecular flexibility index (Phi) is 27.8. The molecule has 0 saturated carbocycles. The van der Waals surface area contributed by atoms with Gasteiger partial charge >= 0.3 is 282 Å². The summed E-state index contributed by atoms with van der Waals surface area (Å²) < 4.78 is 16.1. The SMILES string of the molecule is CC(C)c1cccc(C(C)C)c1[N]=[Mo+2]=[CH]C(C)(C)C.CC(C)c1cccc(C(C)C)c1[N]=[Mo+2]=[CH]C(C)(C)c1ccccc1.Cc1ccc(C)[n-]1.Cc1ccc(I)[n-]1.c1cc[n-]c1.c1cc[n-]c1. The van der Waals surface area contributed by atoms with Gasteiger partial charge in [-0.05, 0) is 0 Å². The summed E-state index contributed by atoms with van der Waals surface area (Å²) in [4.78, 5) is 15.7. The van der Waals surface area contributed by atoms with Crippen molar-refractivity contribution in [2.45, 2.75) is 140 Å². The summed E-state index contributed by atoms with van der Waals surface area (Å²) in [6, 6.07) is 39.6. The Morgan fingerprint density at radius 1 is 0.448 bits per heavy atom. The first-order valence-electron chi connectivity index (χ1n) is 23.2. The molecule has 6 nitrogen and oxygen atoms in total. The molecule has 0 saturated heterocycles. The van der Waals surface area contributed by atoms with Crippen LogP contribution in [0, 0.1) is 29.9 Å². The fraction of sp³-hybridized carbons (Fsp3) is 0.379. The van der Waals surface area contributed by atoms with Crippen molar-refractivity contribution in [3.8, 4) is 0 Å². The van der Waals surface area contributed by atoms with E-state index in [0.717, 1.165) is 20.8 Å². The molecule has 0 N–H and O–H groups in total. The molecule has 3 aromatic carbocycles. The third-order valence-electron chi connectivity index (χ3n) is 9.82. The van der Waals surface area contributed by atoms with E-state index >= 15 is 0 Å². The number of nitrogens with zero attached hydrogens (tertiary/aromatic N) is 6. The predicted octanol–water partition coefficient (Wildman–Crippen LogP) is 16.4. The van der Waals surface area contributed by atoms with Gasteiger partial charge in [-0.2, -0.15) is 41.9 Å². The van der Waals surface area contributed by atoms with Gasteiger partial charge in [0.25, 0.3) is 0 Å². The molecule has 0 amide bonds. The van der Waals surface area contributed by atoms with Gasteiger partial charge in [0.1, 0.15) is 0 Å². The molecular formula is C58H77IMo2N6. The van der Waals surface area contributed by atoms with Gasteiger partial charge in [0.2, 0.25) is 0 Å². The molecule has 0 aliphatic carbocycles. The van der Waals surface area contributed by atoms with Crippen LogP contribution in [0.1, 0.15) is 159 Å². The Morgan fingerprint density at radius 3 is 1.06 bits per heavy atom. The number of halogens is 1. The summed E-state index contributed by atoms with van der Waals surface area (Å²) in [5.74, 6) is 2.10. The molecule has 0 unspecified atom stereocenters. The van der Waals surface area contributed by atoms with E-state index in [9.17, 15) is 0 Å². The molecule has 0 radical (unpaired) electrons. The van der Waals surface area contributed by atoms with Gasteiger partial charge in [0.15, 0.2) is 0 Å². The van der Waals surface area contributed by atoms with E-state index in [4.69, 9.17) is 6.99 Å². The number of hydrogen-bond acceptors (Lipinski definition) is 2. The largest absolute Gasteiger partial charge is 0.670 e. The first-order valence-corrected chi connectivity index (χ1v) is 28.4. The zero-order chi connectivity index (χ0) is 50.0. The van der Waals surface area contributed by atoms with Crippen molar-refractivity contribution in [3.63, 3.8) is 0 Å². The zero-order valence-electron chi connectivity index (χ0n) is 43.1. The van der Waals surface area contributed by atoms with Gasteiger partial charge in [-0.15, -0.1) is 0 Å². The van der Waals surface area contributed by atoms with Gasteiger partial charge in [-0.3, -0.25) is 0 Å². The van der Waals surface area contributed by atoms with Crippen LogP contribution < -0.4 is 19.9 Å². The number of benzene rings is 3. The van der Waals surface area contributed by atoms with Crippen molar-refractivity contribution in [1.29, 1.82) is 0 Å². The van der Waals surface area contributed by atoms with Gasteiger partial charge in [-0.25, -0.2) is 0 Å². The van der Waals surface area contributed by atoms with Crippen molar-refractivity contribution >= 4 is 42.8 Å². The maximum atomic E-state index is 5.13. The topological polar surface area (TPSA) is 81.1 Å². The Hall–Kier alpha value is -3.77. The van der Waals surface area contributed by atoms with Gasteiger partial charge < -0.3 is 19.9 Å². The molecule has 0 atom stereocenters. The normalized spacial score (nSPS) is 10.6. The Balaban J connectivity index is 0.000000311. The molecule has 7 aromatic rings. The number of aromatic nitrogens is 4. The smallest absolute Gasteiger partial charge is 0.0606 e. The van der Waals surface area contributed by atoms with E-state index in [1.807, 2.05) is 69.3 Å². The van der Waals surface area contributed by atoms with Crippen LogP contribution in [-0.4, -0.2) is 8.80 Å². The second-order valence-electron chi connectivity index (χ2n) is 19.1. The molecular weight excluding hydrogens is 1100 g/mol. The van der Waals surface area contributed by atoms with Crippen LogP contribution in [-0.2, 0) is 41.3 Å². The molecule has 0 aliphatic rings. The standard InChI is InChI=1S/2C12H17N.C10H12.C6H8N.C5H5IN.C5H10.2C4H4N.2Mo/c2*1-8(2)10-6-5-7-11(9(3)4)12(10)13;1-10(2,3)9-7-5-4-6-8-9;1-5-3-4-6(2)7-5;1-4-2-3-5(6)7-4;1-5(2,3)4;2*1-2-4-5-3-1;;/h2*5-9H,1-4H3;1,4-8H,2-3H3;3-4H,1-2H3;2-3H,1H3;1H,2-4H3;2*1-4H;;/q;;;2*-1;;2*-1;2*+2. The van der Waals surface area contributed by atoms with Gasteiger partial charge in [0, 0.05) is 0 Å². The predicted molar refractivity (Wildman–Crippen MR) is 290 cm³/mol. The maximum Gasteiger partial charge on any atom is -0.0606 e. The molecule has 0 aliphatic heterocycles. The molecule has 4 heterocycles. The minimum Gasteiger partial charge on any atom is -0.670 e. The van der Waals surface area contributed by atoms with E-state index in [0.29, 0.717) is 23.7 Å². The van der Waals surface area contributed by atoms with Gasteiger partial charge in [-0.1, -0.05) is 95.6 Å². The quantitative estimate of drug-likeness (QED) is 0.112. The minimum atomic E-state index is -0.553.